The van der Waals surface area contributed by atoms with Crippen LogP contribution < -0.4 is 5.73 Å². The van der Waals surface area contributed by atoms with E-state index in [1.165, 1.54) is 11.0 Å². The van der Waals surface area contributed by atoms with Crippen LogP contribution >= 0.6 is 0 Å². The van der Waals surface area contributed by atoms with E-state index in [2.05, 4.69) is 0 Å². The summed E-state index contributed by atoms with van der Waals surface area (Å²) in [4.78, 5) is 13.5. The predicted octanol–water partition coefficient (Wildman–Crippen LogP) is 1.53. The van der Waals surface area contributed by atoms with Gasteiger partial charge in [0.25, 0.3) is 5.91 Å². The third-order valence-electron chi connectivity index (χ3n) is 2.91. The number of halogens is 2. The average molecular weight is 240 g/mol. The van der Waals surface area contributed by atoms with Crippen molar-refractivity contribution in [2.45, 2.75) is 18.9 Å². The molecule has 1 aliphatic heterocycles. The molecule has 0 unspecified atom stereocenters. The van der Waals surface area contributed by atoms with E-state index in [0.717, 1.165) is 25.0 Å². The molecule has 1 atom stereocenters. The minimum Gasteiger partial charge on any atom is -0.337 e. The zero-order chi connectivity index (χ0) is 12.4. The summed E-state index contributed by atoms with van der Waals surface area (Å²) in [5.41, 5.74) is 5.66. The second kappa shape index (κ2) is 4.79. The normalized spacial score (nSPS) is 20.4. The van der Waals surface area contributed by atoms with Crippen molar-refractivity contribution in [3.05, 3.63) is 35.4 Å². The minimum atomic E-state index is -0.825. The molecule has 0 aromatic heterocycles. The molecule has 0 aliphatic carbocycles. The molecule has 1 fully saturated rings. The van der Waals surface area contributed by atoms with Gasteiger partial charge in [-0.25, -0.2) is 8.78 Å². The molecule has 3 nitrogen and oxygen atoms in total. The Labute approximate surface area is 98.2 Å². The molecule has 0 bridgehead atoms. The monoisotopic (exact) mass is 240 g/mol. The quantitative estimate of drug-likeness (QED) is 0.809. The van der Waals surface area contributed by atoms with Crippen LogP contribution in [0, 0.1) is 11.6 Å². The van der Waals surface area contributed by atoms with Crippen LogP contribution in [-0.4, -0.2) is 29.9 Å². The van der Waals surface area contributed by atoms with Crippen molar-refractivity contribution in [2.75, 3.05) is 13.1 Å². The summed E-state index contributed by atoms with van der Waals surface area (Å²) in [6.45, 7) is 0.999. The number of piperidine rings is 1. The number of nitrogens with zero attached hydrogens (tertiary/aromatic N) is 1. The molecule has 1 amide bonds. The number of hydrogen-bond acceptors (Lipinski definition) is 2. The van der Waals surface area contributed by atoms with Gasteiger partial charge in [-0.15, -0.1) is 0 Å². The Morgan fingerprint density at radius 2 is 2.18 bits per heavy atom. The van der Waals surface area contributed by atoms with Crippen molar-refractivity contribution in [1.29, 1.82) is 0 Å². The Hall–Kier alpha value is -1.49. The van der Waals surface area contributed by atoms with E-state index < -0.39 is 17.5 Å². The van der Waals surface area contributed by atoms with Gasteiger partial charge in [-0.3, -0.25) is 4.79 Å². The molecule has 1 aromatic carbocycles. The number of amides is 1. The number of nitrogens with two attached hydrogens (primary N) is 1. The van der Waals surface area contributed by atoms with Crippen LogP contribution in [0.2, 0.25) is 0 Å². The maximum absolute atomic E-state index is 13.4. The molecule has 2 rings (SSSR count). The lowest BCUT2D eigenvalue weighted by molar-refractivity contribution is 0.0704. The Balaban J connectivity index is 2.18. The molecule has 17 heavy (non-hydrogen) atoms. The lowest BCUT2D eigenvalue weighted by Crippen LogP contribution is -2.45. The molecule has 2 N–H and O–H groups in total. The van der Waals surface area contributed by atoms with Gasteiger partial charge in [0.2, 0.25) is 0 Å². The summed E-state index contributed by atoms with van der Waals surface area (Å²) in [5.74, 6) is -1.93. The molecule has 1 aromatic rings. The third-order valence-corrected chi connectivity index (χ3v) is 2.91. The van der Waals surface area contributed by atoms with Gasteiger partial charge in [-0.05, 0) is 25.0 Å². The van der Waals surface area contributed by atoms with Gasteiger partial charge in [0.05, 0.1) is 5.56 Å². The van der Waals surface area contributed by atoms with Crippen LogP contribution in [-0.2, 0) is 0 Å². The number of hydrogen-bond donors (Lipinski definition) is 1. The molecule has 92 valence electrons. The topological polar surface area (TPSA) is 46.3 Å². The van der Waals surface area contributed by atoms with Crippen LogP contribution in [0.25, 0.3) is 0 Å². The van der Waals surface area contributed by atoms with Gasteiger partial charge in [-0.1, -0.05) is 0 Å². The van der Waals surface area contributed by atoms with Gasteiger partial charge >= 0.3 is 0 Å². The second-order valence-corrected chi connectivity index (χ2v) is 4.28. The molecule has 0 saturated carbocycles. The fourth-order valence-electron chi connectivity index (χ4n) is 2.03. The molecule has 1 aliphatic rings. The zero-order valence-corrected chi connectivity index (χ0v) is 9.33. The van der Waals surface area contributed by atoms with E-state index in [1.807, 2.05) is 0 Å². The third kappa shape index (κ3) is 2.61. The maximum Gasteiger partial charge on any atom is 0.256 e. The molecular weight excluding hydrogens is 226 g/mol. The largest absolute Gasteiger partial charge is 0.337 e. The van der Waals surface area contributed by atoms with Gasteiger partial charge < -0.3 is 10.6 Å². The minimum absolute atomic E-state index is 0.0591. The van der Waals surface area contributed by atoms with E-state index >= 15 is 0 Å². The molecule has 5 heteroatoms. The second-order valence-electron chi connectivity index (χ2n) is 4.28. The summed E-state index contributed by atoms with van der Waals surface area (Å²) in [6.07, 6.45) is 1.69. The highest BCUT2D eigenvalue weighted by molar-refractivity contribution is 5.94. The molecule has 1 saturated heterocycles. The Kier molecular flexibility index (Phi) is 3.38. The number of benzene rings is 1. The smallest absolute Gasteiger partial charge is 0.256 e. The fraction of sp³-hybridized carbons (Fsp3) is 0.417. The number of rotatable bonds is 1. The van der Waals surface area contributed by atoms with Crippen molar-refractivity contribution in [3.63, 3.8) is 0 Å². The molecule has 0 spiro atoms. The molecule has 1 heterocycles. The highest BCUT2D eigenvalue weighted by Gasteiger charge is 2.24. The number of likely N-dealkylation sites (tertiary alicyclic amines) is 1. The van der Waals surface area contributed by atoms with Crippen molar-refractivity contribution >= 4 is 5.91 Å². The van der Waals surface area contributed by atoms with E-state index in [9.17, 15) is 13.6 Å². The molecule has 0 radical (unpaired) electrons. The van der Waals surface area contributed by atoms with Crippen molar-refractivity contribution in [2.24, 2.45) is 5.73 Å². The van der Waals surface area contributed by atoms with E-state index in [4.69, 9.17) is 5.73 Å². The highest BCUT2D eigenvalue weighted by atomic mass is 19.1. The fourth-order valence-corrected chi connectivity index (χ4v) is 2.03. The Morgan fingerprint density at radius 3 is 2.82 bits per heavy atom. The predicted molar refractivity (Wildman–Crippen MR) is 59.5 cm³/mol. The average Bonchev–Trinajstić information content (AvgIpc) is 2.28. The van der Waals surface area contributed by atoms with Crippen molar-refractivity contribution < 1.29 is 13.6 Å². The summed E-state index contributed by atoms with van der Waals surface area (Å²) in [7, 11) is 0. The lowest BCUT2D eigenvalue weighted by atomic mass is 10.1. The van der Waals surface area contributed by atoms with Crippen molar-refractivity contribution in [3.8, 4) is 0 Å². The summed E-state index contributed by atoms with van der Waals surface area (Å²) in [5, 5.41) is 0. The first kappa shape index (κ1) is 12.0. The Bertz CT molecular complexity index is 437. The van der Waals surface area contributed by atoms with Crippen LogP contribution in [0.3, 0.4) is 0 Å². The first-order valence-electron chi connectivity index (χ1n) is 5.58. The van der Waals surface area contributed by atoms with Crippen LogP contribution in [0.4, 0.5) is 8.78 Å². The SMILES string of the molecule is N[C@H]1CCCN(C(=O)c2ccc(F)cc2F)C1. The van der Waals surface area contributed by atoms with Gasteiger partial charge in [0, 0.05) is 25.2 Å². The first-order valence-corrected chi connectivity index (χ1v) is 5.58. The van der Waals surface area contributed by atoms with Crippen molar-refractivity contribution in [1.82, 2.24) is 4.90 Å². The van der Waals surface area contributed by atoms with E-state index in [1.54, 1.807) is 0 Å². The lowest BCUT2D eigenvalue weighted by Gasteiger charge is -2.30. The summed E-state index contributed by atoms with van der Waals surface area (Å²) >= 11 is 0. The number of carbonyl (C=O) groups excluding carboxylic acids is 1. The van der Waals surface area contributed by atoms with Crippen LogP contribution in [0.15, 0.2) is 18.2 Å². The van der Waals surface area contributed by atoms with Gasteiger partial charge in [-0.2, -0.15) is 0 Å². The zero-order valence-electron chi connectivity index (χ0n) is 9.33. The van der Waals surface area contributed by atoms with E-state index in [0.29, 0.717) is 13.1 Å². The maximum atomic E-state index is 13.4. The standard InChI is InChI=1S/C12H14F2N2O/c13-8-3-4-10(11(14)6-8)12(17)16-5-1-2-9(15)7-16/h3-4,6,9H,1-2,5,7,15H2/t9-/m0/s1. The van der Waals surface area contributed by atoms with E-state index in [-0.39, 0.29) is 11.6 Å². The van der Waals surface area contributed by atoms with Crippen LogP contribution in [0.1, 0.15) is 23.2 Å². The van der Waals surface area contributed by atoms with Gasteiger partial charge in [0.1, 0.15) is 11.6 Å². The Morgan fingerprint density at radius 1 is 1.41 bits per heavy atom. The first-order chi connectivity index (χ1) is 8.08. The van der Waals surface area contributed by atoms with Gasteiger partial charge in [0.15, 0.2) is 0 Å². The number of carbonyl (C=O) groups is 1. The molecular formula is C12H14F2N2O. The highest BCUT2D eigenvalue weighted by Crippen LogP contribution is 2.16. The summed E-state index contributed by atoms with van der Waals surface area (Å²) in [6, 6.07) is 2.92. The summed E-state index contributed by atoms with van der Waals surface area (Å²) < 4.78 is 26.2. The van der Waals surface area contributed by atoms with Crippen LogP contribution in [0.5, 0.6) is 0 Å².